The summed E-state index contributed by atoms with van der Waals surface area (Å²) >= 11 is 3.37. The van der Waals surface area contributed by atoms with Crippen LogP contribution in [0.4, 0.5) is 0 Å². The fourth-order valence-electron chi connectivity index (χ4n) is 3.43. The third kappa shape index (κ3) is 5.55. The first-order valence-corrected chi connectivity index (χ1v) is 11.0. The van der Waals surface area contributed by atoms with Crippen LogP contribution in [0.15, 0.2) is 53.0 Å². The topological polar surface area (TPSA) is 69.7 Å². The molecular weight excluding hydrogens is 446 g/mol. The summed E-state index contributed by atoms with van der Waals surface area (Å²) < 4.78 is 0.893. The maximum absolute atomic E-state index is 13.1. The molecule has 0 spiro atoms. The summed E-state index contributed by atoms with van der Waals surface area (Å²) in [5.74, 6) is -0.300. The molecule has 158 valence electrons. The van der Waals surface area contributed by atoms with Crippen LogP contribution in [0.1, 0.15) is 39.6 Å². The molecule has 7 heteroatoms. The van der Waals surface area contributed by atoms with Crippen LogP contribution in [0.5, 0.6) is 0 Å². The minimum Gasteiger partial charge on any atom is -0.355 e. The molecule has 0 bridgehead atoms. The van der Waals surface area contributed by atoms with E-state index < -0.39 is 0 Å². The molecular formula is C23H26BrN3O3. The SMILES string of the molecule is CCCNC(=O)CN1CCN(C(=O)c2ccccc2C(=O)c2ccc(Br)cc2)CC1. The highest BCUT2D eigenvalue weighted by Gasteiger charge is 2.26. The number of benzene rings is 2. The molecule has 1 aliphatic heterocycles. The van der Waals surface area contributed by atoms with Crippen molar-refractivity contribution in [2.75, 3.05) is 39.3 Å². The zero-order chi connectivity index (χ0) is 21.5. The van der Waals surface area contributed by atoms with Crippen molar-refractivity contribution < 1.29 is 14.4 Å². The lowest BCUT2D eigenvalue weighted by Crippen LogP contribution is -2.51. The lowest BCUT2D eigenvalue weighted by atomic mass is 9.97. The maximum atomic E-state index is 13.1. The van der Waals surface area contributed by atoms with Crippen LogP contribution < -0.4 is 5.32 Å². The lowest BCUT2D eigenvalue weighted by molar-refractivity contribution is -0.122. The van der Waals surface area contributed by atoms with Crippen molar-refractivity contribution in [2.24, 2.45) is 0 Å². The normalized spacial score (nSPS) is 14.4. The van der Waals surface area contributed by atoms with E-state index in [0.29, 0.717) is 56.0 Å². The van der Waals surface area contributed by atoms with Gasteiger partial charge in [0.05, 0.1) is 12.1 Å². The summed E-state index contributed by atoms with van der Waals surface area (Å²) in [4.78, 5) is 41.9. The number of piperazine rings is 1. The molecule has 1 saturated heterocycles. The Bertz CT molecular complexity index is 906. The molecule has 0 aliphatic carbocycles. The molecule has 6 nitrogen and oxygen atoms in total. The van der Waals surface area contributed by atoms with Crippen LogP contribution in [0, 0.1) is 0 Å². The van der Waals surface area contributed by atoms with Crippen LogP contribution in [-0.4, -0.2) is 66.7 Å². The summed E-state index contributed by atoms with van der Waals surface area (Å²) in [5, 5.41) is 2.88. The summed E-state index contributed by atoms with van der Waals surface area (Å²) in [6.45, 7) is 5.37. The highest BCUT2D eigenvalue weighted by atomic mass is 79.9. The van der Waals surface area contributed by atoms with Crippen molar-refractivity contribution in [2.45, 2.75) is 13.3 Å². The van der Waals surface area contributed by atoms with Crippen LogP contribution in [0.2, 0.25) is 0 Å². The minimum absolute atomic E-state index is 0.0158. The minimum atomic E-state index is -0.169. The van der Waals surface area contributed by atoms with E-state index in [-0.39, 0.29) is 17.6 Å². The van der Waals surface area contributed by atoms with Crippen molar-refractivity contribution in [3.05, 3.63) is 69.7 Å². The van der Waals surface area contributed by atoms with Crippen molar-refractivity contribution >= 4 is 33.5 Å². The van der Waals surface area contributed by atoms with Crippen molar-refractivity contribution in [1.29, 1.82) is 0 Å². The molecule has 2 amide bonds. The predicted molar refractivity (Wildman–Crippen MR) is 120 cm³/mol. The zero-order valence-corrected chi connectivity index (χ0v) is 18.7. The van der Waals surface area contributed by atoms with Gasteiger partial charge in [-0.05, 0) is 36.8 Å². The number of ketones is 1. The molecule has 1 N–H and O–H groups in total. The summed E-state index contributed by atoms with van der Waals surface area (Å²) in [5.41, 5.74) is 1.37. The van der Waals surface area contributed by atoms with Gasteiger partial charge in [0.25, 0.3) is 5.91 Å². The summed E-state index contributed by atoms with van der Waals surface area (Å²) in [6, 6.07) is 14.1. The fraction of sp³-hybridized carbons (Fsp3) is 0.348. The first kappa shape index (κ1) is 22.2. The van der Waals surface area contributed by atoms with E-state index in [1.54, 1.807) is 41.3 Å². The molecule has 1 fully saturated rings. The van der Waals surface area contributed by atoms with Gasteiger partial charge in [-0.3, -0.25) is 19.3 Å². The van der Waals surface area contributed by atoms with Crippen LogP contribution in [0.25, 0.3) is 0 Å². The zero-order valence-electron chi connectivity index (χ0n) is 17.1. The van der Waals surface area contributed by atoms with Gasteiger partial charge in [0.15, 0.2) is 5.78 Å². The second kappa shape index (κ2) is 10.5. The second-order valence-electron chi connectivity index (χ2n) is 7.30. The molecule has 2 aromatic rings. The van der Waals surface area contributed by atoms with Crippen molar-refractivity contribution in [3.63, 3.8) is 0 Å². The van der Waals surface area contributed by atoms with Crippen molar-refractivity contribution in [3.8, 4) is 0 Å². The number of carbonyl (C=O) groups is 3. The number of hydrogen-bond acceptors (Lipinski definition) is 4. The van der Waals surface area contributed by atoms with Crippen LogP contribution >= 0.6 is 15.9 Å². The van der Waals surface area contributed by atoms with E-state index in [0.717, 1.165) is 10.9 Å². The average Bonchev–Trinajstić information content (AvgIpc) is 2.78. The molecule has 0 atom stereocenters. The highest BCUT2D eigenvalue weighted by Crippen LogP contribution is 2.19. The molecule has 2 aromatic carbocycles. The Balaban J connectivity index is 1.66. The number of hydrogen-bond donors (Lipinski definition) is 1. The van der Waals surface area contributed by atoms with Gasteiger partial charge in [0.1, 0.15) is 0 Å². The Morgan fingerprint density at radius 2 is 1.57 bits per heavy atom. The Kier molecular flexibility index (Phi) is 7.76. The highest BCUT2D eigenvalue weighted by molar-refractivity contribution is 9.10. The molecule has 1 aliphatic rings. The first-order chi connectivity index (χ1) is 14.5. The standard InChI is InChI=1S/C23H26BrN3O3/c1-2-11-25-21(28)16-26-12-14-27(15-13-26)23(30)20-6-4-3-5-19(20)22(29)17-7-9-18(24)10-8-17/h3-10H,2,11-16H2,1H3,(H,25,28). The monoisotopic (exact) mass is 471 g/mol. The molecule has 1 heterocycles. The Morgan fingerprint density at radius 1 is 0.933 bits per heavy atom. The number of rotatable bonds is 7. The number of nitrogens with zero attached hydrogens (tertiary/aromatic N) is 2. The van der Waals surface area contributed by atoms with Gasteiger partial charge in [-0.15, -0.1) is 0 Å². The van der Waals surface area contributed by atoms with E-state index in [2.05, 4.69) is 21.2 Å². The maximum Gasteiger partial charge on any atom is 0.254 e. The van der Waals surface area contributed by atoms with E-state index in [4.69, 9.17) is 0 Å². The number of halogens is 1. The van der Waals surface area contributed by atoms with Gasteiger partial charge in [-0.1, -0.05) is 41.1 Å². The van der Waals surface area contributed by atoms with Gasteiger partial charge >= 0.3 is 0 Å². The average molecular weight is 472 g/mol. The van der Waals surface area contributed by atoms with E-state index >= 15 is 0 Å². The predicted octanol–water partition coefficient (Wildman–Crippen LogP) is 2.96. The smallest absolute Gasteiger partial charge is 0.254 e. The molecule has 0 aromatic heterocycles. The lowest BCUT2D eigenvalue weighted by Gasteiger charge is -2.34. The number of amides is 2. The molecule has 0 saturated carbocycles. The third-order valence-electron chi connectivity index (χ3n) is 5.11. The summed E-state index contributed by atoms with van der Waals surface area (Å²) in [7, 11) is 0. The Labute approximate surface area is 185 Å². The van der Waals surface area contributed by atoms with Crippen LogP contribution in [-0.2, 0) is 4.79 Å². The van der Waals surface area contributed by atoms with Gasteiger partial charge in [-0.25, -0.2) is 0 Å². The largest absolute Gasteiger partial charge is 0.355 e. The molecule has 0 radical (unpaired) electrons. The molecule has 3 rings (SSSR count). The Morgan fingerprint density at radius 3 is 2.20 bits per heavy atom. The number of nitrogens with one attached hydrogen (secondary N) is 1. The van der Waals surface area contributed by atoms with Crippen molar-refractivity contribution in [1.82, 2.24) is 15.1 Å². The van der Waals surface area contributed by atoms with E-state index in [1.165, 1.54) is 0 Å². The van der Waals surface area contributed by atoms with Gasteiger partial charge in [0, 0.05) is 48.3 Å². The quantitative estimate of drug-likeness (QED) is 0.630. The second-order valence-corrected chi connectivity index (χ2v) is 8.22. The molecule has 0 unspecified atom stereocenters. The van der Waals surface area contributed by atoms with Gasteiger partial charge in [-0.2, -0.15) is 0 Å². The van der Waals surface area contributed by atoms with Crippen LogP contribution in [0.3, 0.4) is 0 Å². The van der Waals surface area contributed by atoms with Gasteiger partial charge in [0.2, 0.25) is 5.91 Å². The first-order valence-electron chi connectivity index (χ1n) is 10.2. The molecule has 30 heavy (non-hydrogen) atoms. The number of carbonyl (C=O) groups excluding carboxylic acids is 3. The summed E-state index contributed by atoms with van der Waals surface area (Å²) in [6.07, 6.45) is 0.909. The van der Waals surface area contributed by atoms with E-state index in [1.807, 2.05) is 24.0 Å². The van der Waals surface area contributed by atoms with Gasteiger partial charge < -0.3 is 10.2 Å². The fourth-order valence-corrected chi connectivity index (χ4v) is 3.69. The third-order valence-corrected chi connectivity index (χ3v) is 5.64. The Hall–Kier alpha value is -2.51. The van der Waals surface area contributed by atoms with E-state index in [9.17, 15) is 14.4 Å².